The van der Waals surface area contributed by atoms with Gasteiger partial charge in [0.25, 0.3) is 0 Å². The van der Waals surface area contributed by atoms with Gasteiger partial charge in [-0.25, -0.2) is 4.79 Å². The van der Waals surface area contributed by atoms with Crippen LogP contribution in [0.3, 0.4) is 0 Å². The van der Waals surface area contributed by atoms with Gasteiger partial charge in [0.15, 0.2) is 0 Å². The largest absolute Gasteiger partial charge is 0.384 e. The third-order valence-electron chi connectivity index (χ3n) is 3.11. The minimum absolute atomic E-state index is 0.271. The Morgan fingerprint density at radius 3 is 2.65 bits per heavy atom. The quantitative estimate of drug-likeness (QED) is 0.661. The van der Waals surface area contributed by atoms with Crippen LogP contribution in [-0.2, 0) is 0 Å². The molecule has 0 aliphatic heterocycles. The van der Waals surface area contributed by atoms with Crippen LogP contribution in [0.25, 0.3) is 11.0 Å². The fourth-order valence-corrected chi connectivity index (χ4v) is 2.72. The number of H-pyrrole nitrogens is 2. The van der Waals surface area contributed by atoms with E-state index in [0.717, 1.165) is 4.47 Å². The van der Waals surface area contributed by atoms with Crippen LogP contribution in [0.1, 0.15) is 17.2 Å². The standard InChI is InChI=1S/C14H10BrClN2O2/c15-8-2-3-10(16)9(6-8)13(19)7-1-4-11-12(5-7)18-14(20)17-11/h1-6,13,19H,(H2,17,18,20). The van der Waals surface area contributed by atoms with Gasteiger partial charge in [-0.05, 0) is 35.9 Å². The van der Waals surface area contributed by atoms with Gasteiger partial charge in [-0.1, -0.05) is 33.6 Å². The van der Waals surface area contributed by atoms with Crippen molar-refractivity contribution >= 4 is 38.6 Å². The molecule has 6 heteroatoms. The van der Waals surface area contributed by atoms with E-state index in [9.17, 15) is 9.90 Å². The first-order valence-electron chi connectivity index (χ1n) is 5.89. The first kappa shape index (κ1) is 13.4. The van der Waals surface area contributed by atoms with Crippen molar-refractivity contribution in [3.63, 3.8) is 0 Å². The van der Waals surface area contributed by atoms with Crippen LogP contribution >= 0.6 is 27.5 Å². The maximum atomic E-state index is 11.2. The molecule has 3 N–H and O–H groups in total. The molecule has 3 aromatic rings. The molecule has 1 unspecified atom stereocenters. The van der Waals surface area contributed by atoms with E-state index in [1.807, 2.05) is 6.07 Å². The Morgan fingerprint density at radius 2 is 1.85 bits per heavy atom. The lowest BCUT2D eigenvalue weighted by molar-refractivity contribution is 0.220. The Kier molecular flexibility index (Phi) is 3.41. The second kappa shape index (κ2) is 5.09. The van der Waals surface area contributed by atoms with Crippen molar-refractivity contribution in [2.75, 3.05) is 0 Å². The summed E-state index contributed by atoms with van der Waals surface area (Å²) in [5, 5.41) is 10.9. The molecule has 0 fully saturated rings. The number of fused-ring (bicyclic) bond motifs is 1. The van der Waals surface area contributed by atoms with E-state index >= 15 is 0 Å². The van der Waals surface area contributed by atoms with Gasteiger partial charge in [-0.3, -0.25) is 0 Å². The maximum absolute atomic E-state index is 11.2. The van der Waals surface area contributed by atoms with Gasteiger partial charge in [0.1, 0.15) is 6.10 Å². The Morgan fingerprint density at radius 1 is 1.10 bits per heavy atom. The smallest absolute Gasteiger partial charge is 0.323 e. The van der Waals surface area contributed by atoms with E-state index < -0.39 is 6.10 Å². The van der Waals surface area contributed by atoms with E-state index in [1.165, 1.54) is 0 Å². The first-order valence-corrected chi connectivity index (χ1v) is 7.06. The summed E-state index contributed by atoms with van der Waals surface area (Å²) in [7, 11) is 0. The number of benzene rings is 2. The highest BCUT2D eigenvalue weighted by atomic mass is 79.9. The van der Waals surface area contributed by atoms with Gasteiger partial charge in [-0.2, -0.15) is 0 Å². The van der Waals surface area contributed by atoms with Gasteiger partial charge < -0.3 is 15.1 Å². The number of hydrogen-bond acceptors (Lipinski definition) is 2. The number of rotatable bonds is 2. The molecule has 0 bridgehead atoms. The van der Waals surface area contributed by atoms with E-state index in [4.69, 9.17) is 11.6 Å². The highest BCUT2D eigenvalue weighted by molar-refractivity contribution is 9.10. The Hall–Kier alpha value is -1.56. The lowest BCUT2D eigenvalue weighted by Gasteiger charge is -2.13. The summed E-state index contributed by atoms with van der Waals surface area (Å²) in [5.74, 6) is 0. The third kappa shape index (κ3) is 2.40. The maximum Gasteiger partial charge on any atom is 0.323 e. The zero-order valence-corrected chi connectivity index (χ0v) is 12.5. The topological polar surface area (TPSA) is 68.9 Å². The molecule has 0 aliphatic rings. The lowest BCUT2D eigenvalue weighted by Crippen LogP contribution is -2.01. The number of hydrogen-bond donors (Lipinski definition) is 3. The van der Waals surface area contributed by atoms with Crippen LogP contribution < -0.4 is 5.69 Å². The lowest BCUT2D eigenvalue weighted by atomic mass is 10.0. The van der Waals surface area contributed by atoms with Gasteiger partial charge in [0.05, 0.1) is 11.0 Å². The normalized spacial score (nSPS) is 12.8. The number of imidazole rings is 1. The second-order valence-corrected chi connectivity index (χ2v) is 5.78. The second-order valence-electron chi connectivity index (χ2n) is 4.45. The van der Waals surface area contributed by atoms with E-state index in [-0.39, 0.29) is 5.69 Å². The summed E-state index contributed by atoms with van der Waals surface area (Å²) in [6, 6.07) is 10.5. The van der Waals surface area contributed by atoms with Crippen molar-refractivity contribution in [3.05, 3.63) is 67.5 Å². The molecule has 102 valence electrons. The predicted molar refractivity (Wildman–Crippen MR) is 82.1 cm³/mol. The molecule has 0 saturated heterocycles. The molecule has 1 aromatic heterocycles. The minimum atomic E-state index is -0.859. The van der Waals surface area contributed by atoms with Gasteiger partial charge in [0.2, 0.25) is 0 Å². The number of aliphatic hydroxyl groups is 1. The highest BCUT2D eigenvalue weighted by Crippen LogP contribution is 2.31. The van der Waals surface area contributed by atoms with Crippen molar-refractivity contribution in [1.82, 2.24) is 9.97 Å². The molecular formula is C14H10BrClN2O2. The van der Waals surface area contributed by atoms with Crippen molar-refractivity contribution in [2.24, 2.45) is 0 Å². The van der Waals surface area contributed by atoms with E-state index in [1.54, 1.807) is 30.3 Å². The fourth-order valence-electron chi connectivity index (χ4n) is 2.12. The van der Waals surface area contributed by atoms with Crippen LogP contribution in [0.5, 0.6) is 0 Å². The summed E-state index contributed by atoms with van der Waals surface area (Å²) < 4.78 is 0.840. The molecule has 2 aromatic carbocycles. The molecule has 0 saturated carbocycles. The molecule has 0 amide bonds. The zero-order valence-electron chi connectivity index (χ0n) is 10.2. The Balaban J connectivity index is 2.09. The number of nitrogens with one attached hydrogen (secondary N) is 2. The molecule has 20 heavy (non-hydrogen) atoms. The average molecular weight is 354 g/mol. The Labute approximate surface area is 127 Å². The number of aliphatic hydroxyl groups excluding tert-OH is 1. The molecule has 0 aliphatic carbocycles. The molecular weight excluding hydrogens is 344 g/mol. The van der Waals surface area contributed by atoms with E-state index in [0.29, 0.717) is 27.2 Å². The van der Waals surface area contributed by atoms with Crippen molar-refractivity contribution in [2.45, 2.75) is 6.10 Å². The molecule has 4 nitrogen and oxygen atoms in total. The first-order chi connectivity index (χ1) is 9.54. The number of aromatic amines is 2. The summed E-state index contributed by atoms with van der Waals surface area (Å²) in [6.07, 6.45) is -0.859. The molecule has 3 rings (SSSR count). The predicted octanol–water partition coefficient (Wildman–Crippen LogP) is 3.35. The summed E-state index contributed by atoms with van der Waals surface area (Å²) in [4.78, 5) is 16.6. The van der Waals surface area contributed by atoms with Crippen LogP contribution in [0, 0.1) is 0 Å². The number of aromatic nitrogens is 2. The summed E-state index contributed by atoms with van der Waals surface area (Å²) >= 11 is 9.48. The van der Waals surface area contributed by atoms with E-state index in [2.05, 4.69) is 25.9 Å². The molecule has 0 radical (unpaired) electrons. The van der Waals surface area contributed by atoms with Crippen molar-refractivity contribution < 1.29 is 5.11 Å². The van der Waals surface area contributed by atoms with Gasteiger partial charge >= 0.3 is 5.69 Å². The summed E-state index contributed by atoms with van der Waals surface area (Å²) in [6.45, 7) is 0. The van der Waals surface area contributed by atoms with Crippen LogP contribution in [-0.4, -0.2) is 15.1 Å². The van der Waals surface area contributed by atoms with Gasteiger partial charge in [0, 0.05) is 15.1 Å². The van der Waals surface area contributed by atoms with Crippen LogP contribution in [0.2, 0.25) is 5.02 Å². The number of halogens is 2. The van der Waals surface area contributed by atoms with Gasteiger partial charge in [-0.15, -0.1) is 0 Å². The molecule has 1 heterocycles. The average Bonchev–Trinajstić information content (AvgIpc) is 2.79. The summed E-state index contributed by atoms with van der Waals surface area (Å²) in [5.41, 5.74) is 2.35. The third-order valence-corrected chi connectivity index (χ3v) is 3.95. The van der Waals surface area contributed by atoms with Crippen LogP contribution in [0.15, 0.2) is 45.7 Å². The monoisotopic (exact) mass is 352 g/mol. The zero-order chi connectivity index (χ0) is 14.3. The Bertz CT molecular complexity index is 841. The van der Waals surface area contributed by atoms with Crippen LogP contribution in [0.4, 0.5) is 0 Å². The minimum Gasteiger partial charge on any atom is -0.384 e. The van der Waals surface area contributed by atoms with Crippen molar-refractivity contribution in [1.29, 1.82) is 0 Å². The SMILES string of the molecule is O=c1[nH]c2ccc(C(O)c3cc(Br)ccc3Cl)cc2[nH]1. The molecule has 1 atom stereocenters. The fraction of sp³-hybridized carbons (Fsp3) is 0.0714. The highest BCUT2D eigenvalue weighted by Gasteiger charge is 2.15. The molecule has 0 spiro atoms. The van der Waals surface area contributed by atoms with Crippen molar-refractivity contribution in [3.8, 4) is 0 Å².